The van der Waals surface area contributed by atoms with Crippen molar-refractivity contribution in [2.45, 2.75) is 30.4 Å². The predicted octanol–water partition coefficient (Wildman–Crippen LogP) is 24.5. The van der Waals surface area contributed by atoms with E-state index in [1.54, 1.807) is 43.4 Å². The Morgan fingerprint density at radius 2 is 0.589 bits per heavy atom. The van der Waals surface area contributed by atoms with Gasteiger partial charge in [-0.2, -0.15) is 0 Å². The molecule has 8 aromatic heterocycles. The maximum atomic E-state index is 6.90. The van der Waals surface area contributed by atoms with Gasteiger partial charge in [0, 0.05) is 84.3 Å². The zero-order valence-corrected chi connectivity index (χ0v) is 60.8. The smallest absolute Gasteiger partial charge is 0.227 e. The zero-order valence-electron chi connectivity index (χ0n) is 59.2. The Bertz CT molecular complexity index is 7100. The monoisotopic (exact) mass is 1470 g/mol. The third-order valence-electron chi connectivity index (χ3n) is 22.9. The molecule has 0 bridgehead atoms. The van der Waals surface area contributed by atoms with E-state index in [2.05, 4.69) is 264 Å². The molecular formula is C98H54N8O4S2. The summed E-state index contributed by atoms with van der Waals surface area (Å²) in [4.78, 5) is 43.0. The van der Waals surface area contributed by atoms with Gasteiger partial charge in [-0.25, -0.2) is 19.9 Å². The average Bonchev–Trinajstić information content (AvgIpc) is 1.51. The molecule has 112 heavy (non-hydrogen) atoms. The van der Waals surface area contributed by atoms with Gasteiger partial charge >= 0.3 is 0 Å². The molecule has 12 aromatic carbocycles. The fourth-order valence-corrected chi connectivity index (χ4v) is 20.4. The summed E-state index contributed by atoms with van der Waals surface area (Å²) in [5, 5.41) is 0. The Morgan fingerprint density at radius 3 is 1.10 bits per heavy atom. The first kappa shape index (κ1) is 62.8. The van der Waals surface area contributed by atoms with Crippen LogP contribution in [0.5, 0.6) is 0 Å². The number of benzene rings is 12. The highest BCUT2D eigenvalue weighted by molar-refractivity contribution is 7.99. The second-order valence-electron chi connectivity index (χ2n) is 28.9. The van der Waals surface area contributed by atoms with Gasteiger partial charge in [-0.15, -0.1) is 0 Å². The Hall–Kier alpha value is -14.2. The molecule has 0 fully saturated rings. The lowest BCUT2D eigenvalue weighted by Crippen LogP contribution is -2.32. The van der Waals surface area contributed by atoms with E-state index in [4.69, 9.17) is 42.6 Å². The topological polar surface area (TPSA) is 156 Å². The minimum absolute atomic E-state index is 0.437. The van der Waals surface area contributed by atoms with Crippen LogP contribution in [0.4, 0.5) is 0 Å². The minimum Gasteiger partial charge on any atom is -0.436 e. The summed E-state index contributed by atoms with van der Waals surface area (Å²) in [5.41, 5.74) is 32.2. The summed E-state index contributed by atoms with van der Waals surface area (Å²) >= 11 is 3.70. The van der Waals surface area contributed by atoms with Crippen LogP contribution in [0, 0.1) is 0 Å². The number of oxazole rings is 4. The maximum Gasteiger partial charge on any atom is 0.227 e. The Balaban J connectivity index is 0.604. The summed E-state index contributed by atoms with van der Waals surface area (Å²) in [6, 6.07) is 101. The molecule has 0 amide bonds. The zero-order chi connectivity index (χ0) is 73.3. The minimum atomic E-state index is -0.664. The van der Waals surface area contributed by atoms with E-state index in [0.29, 0.717) is 68.0 Å². The molecule has 2 spiro atoms. The van der Waals surface area contributed by atoms with Gasteiger partial charge in [0.2, 0.25) is 23.6 Å². The summed E-state index contributed by atoms with van der Waals surface area (Å²) < 4.78 is 26.1. The van der Waals surface area contributed by atoms with Crippen LogP contribution in [0.1, 0.15) is 44.5 Å². The Labute approximate surface area is 648 Å². The van der Waals surface area contributed by atoms with Crippen molar-refractivity contribution in [1.82, 2.24) is 39.9 Å². The van der Waals surface area contributed by atoms with E-state index in [9.17, 15) is 0 Å². The van der Waals surface area contributed by atoms with Crippen LogP contribution in [-0.2, 0) is 10.8 Å². The molecule has 0 saturated heterocycles. The maximum absolute atomic E-state index is 6.90. The molecule has 14 heteroatoms. The predicted molar refractivity (Wildman–Crippen MR) is 440 cm³/mol. The lowest BCUT2D eigenvalue weighted by molar-refractivity contribution is 0.615. The van der Waals surface area contributed by atoms with Crippen LogP contribution in [0.2, 0.25) is 0 Å². The molecule has 0 N–H and O–H groups in total. The molecule has 0 atom stereocenters. The number of hydrogen-bond donors (Lipinski definition) is 0. The van der Waals surface area contributed by atoms with Gasteiger partial charge in [0.15, 0.2) is 22.3 Å². The van der Waals surface area contributed by atoms with E-state index >= 15 is 0 Å². The fourth-order valence-electron chi connectivity index (χ4n) is 18.0. The highest BCUT2D eigenvalue weighted by Crippen LogP contribution is 2.65. The molecule has 10 heterocycles. The largest absolute Gasteiger partial charge is 0.436 e. The molecule has 0 radical (unpaired) electrons. The lowest BCUT2D eigenvalue weighted by Gasteiger charge is -2.39. The van der Waals surface area contributed by atoms with Crippen molar-refractivity contribution in [2.75, 3.05) is 0 Å². The molecule has 0 unspecified atom stereocenters. The number of pyridine rings is 4. The number of aromatic nitrogens is 8. The first-order chi connectivity index (χ1) is 55.4. The van der Waals surface area contributed by atoms with Crippen molar-refractivity contribution in [1.29, 1.82) is 0 Å². The first-order valence-electron chi connectivity index (χ1n) is 37.1. The molecule has 2 aliphatic carbocycles. The van der Waals surface area contributed by atoms with Crippen LogP contribution in [0.25, 0.3) is 168 Å². The SMILES string of the molecule is c1ccc2c(c1)Sc1ccccc1C21c2ccccc2-c2ccc(-c3ccc(-c4cc(-c5nc6ccncc6o5)cc(-c5nc6c(-c7ccc8c(c7)-c7ccc(-c9ccc(-c%10cc(-c%11nc%12cnccc%12o%11)cc(-c%11nc%12cnccc%12o%11)c%10)cc9)cc7C87c8ccccc8Sc8ccccc87)cncc6o5)c4)cc3)cc21. The van der Waals surface area contributed by atoms with Gasteiger partial charge < -0.3 is 17.7 Å². The number of rotatable bonds is 9. The number of nitrogens with zero attached hydrogens (tertiary/aromatic N) is 8. The van der Waals surface area contributed by atoms with Crippen LogP contribution in [0.15, 0.2) is 366 Å². The van der Waals surface area contributed by atoms with E-state index < -0.39 is 10.8 Å². The summed E-state index contributed by atoms with van der Waals surface area (Å²) in [6.07, 6.45) is 14.0. The number of hydrogen-bond acceptors (Lipinski definition) is 14. The van der Waals surface area contributed by atoms with Gasteiger partial charge in [0.25, 0.3) is 0 Å². The molecule has 2 aliphatic heterocycles. The van der Waals surface area contributed by atoms with Gasteiger partial charge in [-0.3, -0.25) is 19.9 Å². The van der Waals surface area contributed by atoms with Crippen LogP contribution in [0.3, 0.4) is 0 Å². The van der Waals surface area contributed by atoms with Crippen LogP contribution in [-0.4, -0.2) is 39.9 Å². The van der Waals surface area contributed by atoms with Crippen molar-refractivity contribution in [3.05, 3.63) is 373 Å². The molecule has 0 saturated carbocycles. The third-order valence-corrected chi connectivity index (χ3v) is 25.2. The highest BCUT2D eigenvalue weighted by atomic mass is 32.2. The average molecular weight is 1470 g/mol. The van der Waals surface area contributed by atoms with E-state index in [1.807, 2.05) is 60.1 Å². The van der Waals surface area contributed by atoms with Crippen LogP contribution >= 0.6 is 23.5 Å². The summed E-state index contributed by atoms with van der Waals surface area (Å²) in [5.74, 6) is 1.84. The summed E-state index contributed by atoms with van der Waals surface area (Å²) in [6.45, 7) is 0. The molecule has 522 valence electrons. The molecule has 12 nitrogen and oxygen atoms in total. The van der Waals surface area contributed by atoms with Gasteiger partial charge in [0.1, 0.15) is 22.1 Å². The Morgan fingerprint density at radius 1 is 0.214 bits per heavy atom. The van der Waals surface area contributed by atoms with Gasteiger partial charge in [0.05, 0.1) is 35.6 Å². The molecular weight excluding hydrogens is 1420 g/mol. The Kier molecular flexibility index (Phi) is 13.6. The van der Waals surface area contributed by atoms with E-state index in [0.717, 1.165) is 89.0 Å². The van der Waals surface area contributed by atoms with Gasteiger partial charge in [-0.05, 0) is 202 Å². The van der Waals surface area contributed by atoms with Crippen molar-refractivity contribution < 1.29 is 17.7 Å². The first-order valence-corrected chi connectivity index (χ1v) is 38.7. The van der Waals surface area contributed by atoms with Crippen molar-refractivity contribution in [2.24, 2.45) is 0 Å². The van der Waals surface area contributed by atoms with E-state index in [-0.39, 0.29) is 0 Å². The lowest BCUT2D eigenvalue weighted by atomic mass is 9.67. The summed E-state index contributed by atoms with van der Waals surface area (Å²) in [7, 11) is 0. The quantitative estimate of drug-likeness (QED) is 0.134. The standard InChI is InChI=1S/C98H54N8O4S2/c1-2-12-73-68(11-1)69-32-29-59(48-79(69)97(73)75-13-3-7-17-88(75)111-89-18-8-4-14-76(89)97)55-21-27-58(28-22-55)63-41-64(93-103-81-35-38-101-53-86(81)109-93)46-67(44-63)96-106-92-72(50-102-54-87(92)110-96)61-31-34-74-71(47-61)70-33-30-60(49-80(70)98(74)77-15-5-9-19-90(77)112-91-20-10-6-16-78(91)98)56-23-25-57(26-24-56)62-42-65(94-104-82-51-99-39-36-84(82)107-94)45-66(43-62)95-105-83-52-100-40-37-85(83)108-95/h1-54H. The second-order valence-corrected chi connectivity index (χ2v) is 31.1. The molecule has 20 aromatic rings. The molecule has 4 aliphatic rings. The fraction of sp³-hybridized carbons (Fsp3) is 0.0204. The van der Waals surface area contributed by atoms with Crippen molar-refractivity contribution >= 4 is 67.9 Å². The van der Waals surface area contributed by atoms with Crippen LogP contribution < -0.4 is 0 Å². The van der Waals surface area contributed by atoms with Crippen molar-refractivity contribution in [3.63, 3.8) is 0 Å². The second kappa shape index (κ2) is 24.2. The number of fused-ring (bicyclic) bond motifs is 22. The normalized spacial score (nSPS) is 13.6. The highest BCUT2D eigenvalue weighted by Gasteiger charge is 2.52. The molecule has 24 rings (SSSR count). The van der Waals surface area contributed by atoms with E-state index in [1.165, 1.54) is 75.2 Å². The van der Waals surface area contributed by atoms with Crippen molar-refractivity contribution in [3.8, 4) is 124 Å². The van der Waals surface area contributed by atoms with Gasteiger partial charge in [-0.1, -0.05) is 206 Å². The third kappa shape index (κ3) is 9.39.